The normalized spacial score (nSPS) is 23.3. The van der Waals surface area contributed by atoms with E-state index in [1.165, 1.54) is 77.0 Å². The van der Waals surface area contributed by atoms with Crippen molar-refractivity contribution in [3.63, 3.8) is 0 Å². The molecule has 4 aliphatic carbocycles. The first-order valence-electron chi connectivity index (χ1n) is 15.5. The second-order valence-corrected chi connectivity index (χ2v) is 12.2. The SMILES string of the molecule is O=C(c1cccc(C(=O)N(C2CCCCC2)C2CCCCC2)c1)N(C1CCCCC1)C1CCCCC1.[HH].[HH].[HH].[HH]. The largest absolute Gasteiger partial charge is 0.333 e. The van der Waals surface area contributed by atoms with E-state index in [2.05, 4.69) is 9.80 Å². The van der Waals surface area contributed by atoms with Crippen LogP contribution >= 0.6 is 0 Å². The van der Waals surface area contributed by atoms with Crippen LogP contribution in [0.1, 0.15) is 155 Å². The molecule has 0 saturated heterocycles. The minimum absolute atomic E-state index is 0. The van der Waals surface area contributed by atoms with Crippen molar-refractivity contribution < 1.29 is 15.3 Å². The Morgan fingerprint density at radius 2 is 0.778 bits per heavy atom. The van der Waals surface area contributed by atoms with E-state index in [-0.39, 0.29) is 17.5 Å². The highest BCUT2D eigenvalue weighted by molar-refractivity contribution is 6.00. The second kappa shape index (κ2) is 12.6. The summed E-state index contributed by atoms with van der Waals surface area (Å²) in [6.45, 7) is 0. The standard InChI is InChI=1S/C32H48N2O2.4H2/c35-31(33(27-16-5-1-6-17-27)28-18-7-2-8-19-28)25-14-13-15-26(24-25)32(36)34(29-20-9-3-10-21-29)30-22-11-4-12-23-30;;;;/h13-15,24,27-30H,1-12,16-23H2;4*1H. The maximum atomic E-state index is 14.1. The van der Waals surface area contributed by atoms with Crippen molar-refractivity contribution in [1.82, 2.24) is 9.80 Å². The topological polar surface area (TPSA) is 40.6 Å². The van der Waals surface area contributed by atoms with Crippen LogP contribution in [0.2, 0.25) is 0 Å². The van der Waals surface area contributed by atoms with Gasteiger partial charge in [0.15, 0.2) is 0 Å². The molecule has 4 saturated carbocycles. The lowest BCUT2D eigenvalue weighted by molar-refractivity contribution is 0.0446. The lowest BCUT2D eigenvalue weighted by Gasteiger charge is -2.42. The number of hydrogen-bond donors (Lipinski definition) is 0. The van der Waals surface area contributed by atoms with Crippen molar-refractivity contribution in [1.29, 1.82) is 0 Å². The Bertz CT molecular complexity index is 774. The fourth-order valence-corrected chi connectivity index (χ4v) is 7.78. The van der Waals surface area contributed by atoms with Crippen LogP contribution in [0.3, 0.4) is 0 Å². The van der Waals surface area contributed by atoms with E-state index in [1.54, 1.807) is 0 Å². The van der Waals surface area contributed by atoms with Gasteiger partial charge in [-0.25, -0.2) is 0 Å². The molecule has 4 nitrogen and oxygen atoms in total. The molecule has 1 aromatic rings. The smallest absolute Gasteiger partial charge is 0.254 e. The van der Waals surface area contributed by atoms with Gasteiger partial charge >= 0.3 is 0 Å². The zero-order chi connectivity index (χ0) is 24.7. The second-order valence-electron chi connectivity index (χ2n) is 12.2. The van der Waals surface area contributed by atoms with E-state index >= 15 is 0 Å². The molecule has 5 rings (SSSR count). The van der Waals surface area contributed by atoms with Crippen LogP contribution in [-0.2, 0) is 0 Å². The molecular weight excluding hydrogens is 444 g/mol. The third kappa shape index (κ3) is 6.00. The van der Waals surface area contributed by atoms with Crippen LogP contribution in [0.25, 0.3) is 0 Å². The monoisotopic (exact) mass is 500 g/mol. The molecule has 0 heterocycles. The van der Waals surface area contributed by atoms with Crippen LogP contribution in [0.15, 0.2) is 24.3 Å². The molecule has 4 aliphatic rings. The van der Waals surface area contributed by atoms with E-state index in [0.29, 0.717) is 24.2 Å². The van der Waals surface area contributed by atoms with Gasteiger partial charge in [0.05, 0.1) is 0 Å². The molecule has 0 radical (unpaired) electrons. The lowest BCUT2D eigenvalue weighted by Crippen LogP contribution is -2.49. The van der Waals surface area contributed by atoms with Crippen molar-refractivity contribution in [2.24, 2.45) is 0 Å². The lowest BCUT2D eigenvalue weighted by atomic mass is 9.87. The number of carbonyl (C=O) groups excluding carboxylic acids is 2. The molecule has 0 N–H and O–H groups in total. The number of rotatable bonds is 6. The van der Waals surface area contributed by atoms with Gasteiger partial charge in [0, 0.05) is 41.0 Å². The van der Waals surface area contributed by atoms with E-state index < -0.39 is 0 Å². The summed E-state index contributed by atoms with van der Waals surface area (Å²) in [4.78, 5) is 32.7. The van der Waals surface area contributed by atoms with Crippen molar-refractivity contribution >= 4 is 11.8 Å². The van der Waals surface area contributed by atoms with Gasteiger partial charge in [-0.05, 0) is 69.6 Å². The van der Waals surface area contributed by atoms with Gasteiger partial charge in [0.2, 0.25) is 0 Å². The zero-order valence-corrected chi connectivity index (χ0v) is 22.5. The van der Waals surface area contributed by atoms with Crippen molar-refractivity contribution in [3.05, 3.63) is 35.4 Å². The minimum atomic E-state index is 0. The molecule has 2 amide bonds. The van der Waals surface area contributed by atoms with Gasteiger partial charge in [-0.2, -0.15) is 0 Å². The Labute approximate surface area is 225 Å². The molecule has 0 bridgehead atoms. The van der Waals surface area contributed by atoms with Gasteiger partial charge in [0.1, 0.15) is 0 Å². The summed E-state index contributed by atoms with van der Waals surface area (Å²) >= 11 is 0. The number of hydrogen-bond acceptors (Lipinski definition) is 2. The molecule has 0 aliphatic heterocycles. The Kier molecular flexibility index (Phi) is 9.03. The molecule has 0 unspecified atom stereocenters. The number of nitrogens with zero attached hydrogens (tertiary/aromatic N) is 2. The van der Waals surface area contributed by atoms with Crippen molar-refractivity contribution in [2.45, 2.75) is 153 Å². The Hall–Kier alpha value is -1.84. The van der Waals surface area contributed by atoms with E-state index in [9.17, 15) is 9.59 Å². The van der Waals surface area contributed by atoms with Crippen molar-refractivity contribution in [3.8, 4) is 0 Å². The maximum Gasteiger partial charge on any atom is 0.254 e. The highest BCUT2D eigenvalue weighted by Gasteiger charge is 2.35. The molecule has 0 spiro atoms. The van der Waals surface area contributed by atoms with Crippen LogP contribution < -0.4 is 0 Å². The van der Waals surface area contributed by atoms with Gasteiger partial charge < -0.3 is 9.80 Å². The third-order valence-corrected chi connectivity index (χ3v) is 9.70. The summed E-state index contributed by atoms with van der Waals surface area (Å²) in [5.74, 6) is 0.343. The summed E-state index contributed by atoms with van der Waals surface area (Å²) in [7, 11) is 0. The molecule has 36 heavy (non-hydrogen) atoms. The van der Waals surface area contributed by atoms with Crippen LogP contribution in [0.4, 0.5) is 0 Å². The average Bonchev–Trinajstić information content (AvgIpc) is 2.96. The highest BCUT2D eigenvalue weighted by Crippen LogP contribution is 2.33. The first-order valence-corrected chi connectivity index (χ1v) is 15.5. The zero-order valence-electron chi connectivity index (χ0n) is 22.5. The molecule has 4 heteroatoms. The van der Waals surface area contributed by atoms with Gasteiger partial charge in [-0.1, -0.05) is 83.1 Å². The predicted molar refractivity (Wildman–Crippen MR) is 155 cm³/mol. The summed E-state index contributed by atoms with van der Waals surface area (Å²) in [6.07, 6.45) is 24.2. The van der Waals surface area contributed by atoms with Crippen LogP contribution in [0, 0.1) is 0 Å². The fraction of sp³-hybridized carbons (Fsp3) is 0.750. The van der Waals surface area contributed by atoms with E-state index in [4.69, 9.17) is 0 Å². The molecule has 0 atom stereocenters. The molecular formula is C32H56N2O2. The molecule has 4 fully saturated rings. The summed E-state index contributed by atoms with van der Waals surface area (Å²) in [5, 5.41) is 0. The van der Waals surface area contributed by atoms with E-state index in [1.807, 2.05) is 24.3 Å². The first-order chi connectivity index (χ1) is 17.7. The first kappa shape index (κ1) is 25.8. The van der Waals surface area contributed by atoms with Gasteiger partial charge in [0.25, 0.3) is 11.8 Å². The van der Waals surface area contributed by atoms with Gasteiger partial charge in [-0.3, -0.25) is 9.59 Å². The van der Waals surface area contributed by atoms with Gasteiger partial charge in [-0.15, -0.1) is 0 Å². The Morgan fingerprint density at radius 1 is 0.500 bits per heavy atom. The fourth-order valence-electron chi connectivity index (χ4n) is 7.78. The Balaban J connectivity index is 0.00000200. The summed E-state index contributed by atoms with van der Waals surface area (Å²) in [5.41, 5.74) is 1.45. The minimum Gasteiger partial charge on any atom is -0.333 e. The quantitative estimate of drug-likeness (QED) is 0.391. The number of amides is 2. The molecule has 206 valence electrons. The maximum absolute atomic E-state index is 14.1. The number of benzene rings is 1. The predicted octanol–water partition coefficient (Wildman–Crippen LogP) is 8.89. The highest BCUT2D eigenvalue weighted by atomic mass is 16.2. The molecule has 0 aromatic heterocycles. The third-order valence-electron chi connectivity index (χ3n) is 9.70. The summed E-state index contributed by atoms with van der Waals surface area (Å²) in [6, 6.07) is 9.31. The molecule has 1 aromatic carbocycles. The Morgan fingerprint density at radius 3 is 1.06 bits per heavy atom. The summed E-state index contributed by atoms with van der Waals surface area (Å²) < 4.78 is 0. The average molecular weight is 501 g/mol. The van der Waals surface area contributed by atoms with Crippen LogP contribution in [0.5, 0.6) is 0 Å². The van der Waals surface area contributed by atoms with E-state index in [0.717, 1.165) is 62.5 Å². The number of carbonyl (C=O) groups is 2. The van der Waals surface area contributed by atoms with Crippen molar-refractivity contribution in [2.75, 3.05) is 0 Å². The van der Waals surface area contributed by atoms with Crippen LogP contribution in [-0.4, -0.2) is 45.8 Å².